The van der Waals surface area contributed by atoms with Crippen molar-refractivity contribution in [3.8, 4) is 0 Å². The second-order valence-electron chi connectivity index (χ2n) is 9.55. The molecule has 0 saturated heterocycles. The minimum Gasteiger partial charge on any atom is -0.350 e. The number of amides is 3. The predicted octanol–water partition coefficient (Wildman–Crippen LogP) is 3.71. The number of hydrogen-bond donors (Lipinski definition) is 1. The Morgan fingerprint density at radius 3 is 2.31 bits per heavy atom. The van der Waals surface area contributed by atoms with Crippen molar-refractivity contribution in [3.63, 3.8) is 0 Å². The molecule has 188 valence electrons. The summed E-state index contributed by atoms with van der Waals surface area (Å²) in [5.74, 6) is -1.17. The fourth-order valence-electron chi connectivity index (χ4n) is 3.81. The van der Waals surface area contributed by atoms with E-state index in [0.717, 1.165) is 14.3 Å². The average Bonchev–Trinajstić information content (AvgIpc) is 2.97. The number of hydrogen-bond acceptors (Lipinski definition) is 5. The van der Waals surface area contributed by atoms with Gasteiger partial charge in [-0.25, -0.2) is 12.7 Å². The molecule has 0 aromatic heterocycles. The number of halogens is 1. The molecule has 1 heterocycles. The molecule has 35 heavy (non-hydrogen) atoms. The van der Waals surface area contributed by atoms with Gasteiger partial charge in [-0.1, -0.05) is 40.2 Å². The van der Waals surface area contributed by atoms with Gasteiger partial charge in [-0.3, -0.25) is 14.4 Å². The van der Waals surface area contributed by atoms with Gasteiger partial charge < -0.3 is 10.2 Å². The third-order valence-electron chi connectivity index (χ3n) is 5.60. The molecule has 0 unspecified atom stereocenters. The summed E-state index contributed by atoms with van der Waals surface area (Å²) in [5, 5.41) is 2.90. The quantitative estimate of drug-likeness (QED) is 0.527. The zero-order chi connectivity index (χ0) is 26.0. The third kappa shape index (κ3) is 6.29. The number of carbonyl (C=O) groups excluding carboxylic acids is 3. The first kappa shape index (κ1) is 26.9. The normalized spacial score (nSPS) is 15.5. The third-order valence-corrected chi connectivity index (χ3v) is 7.96. The summed E-state index contributed by atoms with van der Waals surface area (Å²) in [6.07, 6.45) is 0.127. The van der Waals surface area contributed by atoms with Gasteiger partial charge in [0.05, 0.1) is 5.56 Å². The van der Waals surface area contributed by atoms with Crippen LogP contribution in [0.5, 0.6) is 0 Å². The van der Waals surface area contributed by atoms with Crippen molar-refractivity contribution in [1.29, 1.82) is 0 Å². The zero-order valence-corrected chi connectivity index (χ0v) is 22.6. The summed E-state index contributed by atoms with van der Waals surface area (Å²) in [6, 6.07) is 12.8. The smallest absolute Gasteiger partial charge is 0.269 e. The molecule has 1 aliphatic rings. The lowest BCUT2D eigenvalue weighted by Gasteiger charge is -2.31. The van der Waals surface area contributed by atoms with Gasteiger partial charge in [-0.05, 0) is 63.9 Å². The van der Waals surface area contributed by atoms with Gasteiger partial charge >= 0.3 is 0 Å². The van der Waals surface area contributed by atoms with E-state index in [1.54, 1.807) is 19.1 Å². The molecule has 0 saturated carbocycles. The molecule has 0 fully saturated rings. The number of benzene rings is 2. The van der Waals surface area contributed by atoms with Crippen molar-refractivity contribution in [2.24, 2.45) is 0 Å². The van der Waals surface area contributed by atoms with Crippen LogP contribution in [-0.4, -0.2) is 53.5 Å². The zero-order valence-electron chi connectivity index (χ0n) is 20.2. The van der Waals surface area contributed by atoms with Crippen LogP contribution in [0.15, 0.2) is 57.9 Å². The molecule has 1 aliphatic heterocycles. The molecule has 10 heteroatoms. The largest absolute Gasteiger partial charge is 0.350 e. The molecular weight excluding hydrogens is 534 g/mol. The molecule has 0 spiro atoms. The predicted molar refractivity (Wildman–Crippen MR) is 136 cm³/mol. The molecule has 0 aliphatic carbocycles. The SMILES string of the molecule is C[C@H](C(=O)NC(C)(C)C)N(Cc1ccc(Br)cc1)C(=O)CCCN1C(=O)c2ccccc2S1(=O)=O. The topological polar surface area (TPSA) is 104 Å². The summed E-state index contributed by atoms with van der Waals surface area (Å²) in [6.45, 7) is 7.37. The van der Waals surface area contributed by atoms with Crippen LogP contribution in [0.1, 0.15) is 56.5 Å². The number of carbonyl (C=O) groups is 3. The van der Waals surface area contributed by atoms with E-state index in [1.807, 2.05) is 45.0 Å². The second-order valence-corrected chi connectivity index (χ2v) is 12.3. The lowest BCUT2D eigenvalue weighted by atomic mass is 10.1. The van der Waals surface area contributed by atoms with Crippen molar-refractivity contribution in [2.75, 3.05) is 6.54 Å². The Labute approximate surface area is 214 Å². The van der Waals surface area contributed by atoms with Gasteiger partial charge in [0.1, 0.15) is 10.9 Å². The summed E-state index contributed by atoms with van der Waals surface area (Å²) < 4.78 is 27.2. The second kappa shape index (κ2) is 10.5. The Kier molecular flexibility index (Phi) is 8.06. The van der Waals surface area contributed by atoms with E-state index >= 15 is 0 Å². The van der Waals surface area contributed by atoms with Gasteiger partial charge in [0.2, 0.25) is 11.8 Å². The molecule has 2 aromatic rings. The summed E-state index contributed by atoms with van der Waals surface area (Å²) in [7, 11) is -3.93. The Hall–Kier alpha value is -2.72. The lowest BCUT2D eigenvalue weighted by molar-refractivity contribution is -0.141. The Morgan fingerprint density at radius 2 is 1.71 bits per heavy atom. The van der Waals surface area contributed by atoms with E-state index in [2.05, 4.69) is 21.2 Å². The van der Waals surface area contributed by atoms with Crippen LogP contribution in [0.25, 0.3) is 0 Å². The molecule has 8 nitrogen and oxygen atoms in total. The fourth-order valence-corrected chi connectivity index (χ4v) is 5.68. The standard InChI is InChI=1S/C25H30BrN3O5S/c1-17(23(31)27-25(2,3)4)28(16-18-11-13-19(26)14-12-18)22(30)10-7-15-29-24(32)20-8-5-6-9-21(20)35(29,33)34/h5-6,8-9,11-14,17H,7,10,15-16H2,1-4H3,(H,27,31)/t17-/m1/s1. The molecule has 1 N–H and O–H groups in total. The van der Waals surface area contributed by atoms with E-state index in [1.165, 1.54) is 17.0 Å². The van der Waals surface area contributed by atoms with Gasteiger partial charge in [-0.2, -0.15) is 0 Å². The van der Waals surface area contributed by atoms with Crippen LogP contribution in [0.3, 0.4) is 0 Å². The van der Waals surface area contributed by atoms with Gasteiger partial charge in [0.25, 0.3) is 15.9 Å². The van der Waals surface area contributed by atoms with Gasteiger partial charge in [-0.15, -0.1) is 0 Å². The van der Waals surface area contributed by atoms with Crippen LogP contribution in [0, 0.1) is 0 Å². The van der Waals surface area contributed by atoms with Crippen LogP contribution in [0.2, 0.25) is 0 Å². The van der Waals surface area contributed by atoms with E-state index in [9.17, 15) is 22.8 Å². The number of rotatable bonds is 8. The minimum absolute atomic E-state index is 0.0133. The highest BCUT2D eigenvalue weighted by Crippen LogP contribution is 2.30. The molecule has 2 aromatic carbocycles. The maximum Gasteiger partial charge on any atom is 0.269 e. The summed E-state index contributed by atoms with van der Waals surface area (Å²) in [5.41, 5.74) is 0.532. The van der Waals surface area contributed by atoms with Crippen molar-refractivity contribution in [2.45, 2.75) is 63.6 Å². The molecule has 0 bridgehead atoms. The summed E-state index contributed by atoms with van der Waals surface area (Å²) >= 11 is 3.39. The maximum atomic E-state index is 13.2. The first-order chi connectivity index (χ1) is 16.3. The number of nitrogens with zero attached hydrogens (tertiary/aromatic N) is 2. The first-order valence-electron chi connectivity index (χ1n) is 11.3. The van der Waals surface area contributed by atoms with Crippen molar-refractivity contribution in [1.82, 2.24) is 14.5 Å². The van der Waals surface area contributed by atoms with E-state index in [-0.39, 0.29) is 48.2 Å². The minimum atomic E-state index is -3.93. The van der Waals surface area contributed by atoms with Gasteiger partial charge in [0, 0.05) is 29.5 Å². The Balaban J connectivity index is 1.72. The van der Waals surface area contributed by atoms with E-state index in [4.69, 9.17) is 0 Å². The number of fused-ring (bicyclic) bond motifs is 1. The highest BCUT2D eigenvalue weighted by molar-refractivity contribution is 9.10. The van der Waals surface area contributed by atoms with Gasteiger partial charge in [0.15, 0.2) is 0 Å². The van der Waals surface area contributed by atoms with E-state index in [0.29, 0.717) is 0 Å². The molecule has 3 rings (SSSR count). The maximum absolute atomic E-state index is 13.2. The molecule has 0 radical (unpaired) electrons. The fraction of sp³-hybridized carbons (Fsp3) is 0.400. The molecular formula is C25H30BrN3O5S. The van der Waals surface area contributed by atoms with Crippen molar-refractivity contribution < 1.29 is 22.8 Å². The van der Waals surface area contributed by atoms with Crippen molar-refractivity contribution in [3.05, 3.63) is 64.1 Å². The number of nitrogens with one attached hydrogen (secondary N) is 1. The van der Waals surface area contributed by atoms with Crippen molar-refractivity contribution >= 4 is 43.7 Å². The summed E-state index contributed by atoms with van der Waals surface area (Å²) in [4.78, 5) is 40.2. The lowest BCUT2D eigenvalue weighted by Crippen LogP contribution is -2.52. The van der Waals surface area contributed by atoms with Crippen LogP contribution in [0.4, 0.5) is 0 Å². The first-order valence-corrected chi connectivity index (χ1v) is 13.6. The highest BCUT2D eigenvalue weighted by atomic mass is 79.9. The van der Waals surface area contributed by atoms with Crippen LogP contribution < -0.4 is 5.32 Å². The average molecular weight is 565 g/mol. The van der Waals surface area contributed by atoms with E-state index < -0.39 is 27.5 Å². The van der Waals surface area contributed by atoms with Crippen LogP contribution >= 0.6 is 15.9 Å². The molecule has 3 amide bonds. The van der Waals surface area contributed by atoms with Crippen LogP contribution in [-0.2, 0) is 26.2 Å². The molecule has 1 atom stereocenters. The highest BCUT2D eigenvalue weighted by Gasteiger charge is 2.40. The Bertz CT molecular complexity index is 1220. The Morgan fingerprint density at radius 1 is 1.09 bits per heavy atom. The number of sulfonamides is 1. The monoisotopic (exact) mass is 563 g/mol.